The van der Waals surface area contributed by atoms with Crippen LogP contribution in [0.15, 0.2) is 30.3 Å². The Kier molecular flexibility index (Phi) is 5.34. The second-order valence-corrected chi connectivity index (χ2v) is 7.14. The maximum atomic E-state index is 12.7. The van der Waals surface area contributed by atoms with Crippen molar-refractivity contribution in [3.05, 3.63) is 35.9 Å². The van der Waals surface area contributed by atoms with E-state index >= 15 is 0 Å². The van der Waals surface area contributed by atoms with E-state index in [0.717, 1.165) is 57.2 Å². The third kappa shape index (κ3) is 3.93. The van der Waals surface area contributed by atoms with Crippen LogP contribution in [0, 0.1) is 11.8 Å². The lowest BCUT2D eigenvalue weighted by atomic mass is 9.83. The molecule has 1 aliphatic heterocycles. The molecule has 1 aliphatic carbocycles. The molecule has 1 saturated carbocycles. The highest BCUT2D eigenvalue weighted by molar-refractivity contribution is 5.79. The fourth-order valence-electron chi connectivity index (χ4n) is 4.07. The first-order chi connectivity index (χ1) is 11.1. The van der Waals surface area contributed by atoms with Crippen molar-refractivity contribution in [1.29, 1.82) is 0 Å². The molecule has 4 nitrogen and oxygen atoms in total. The maximum absolute atomic E-state index is 12.7. The Labute approximate surface area is 138 Å². The average Bonchev–Trinajstić information content (AvgIpc) is 2.61. The Morgan fingerprint density at radius 1 is 1.13 bits per heavy atom. The van der Waals surface area contributed by atoms with Crippen LogP contribution in [-0.4, -0.2) is 35.0 Å². The fraction of sp³-hybridized carbons (Fsp3) is 0.632. The number of rotatable bonds is 3. The minimum Gasteiger partial charge on any atom is -0.388 e. The molecule has 126 valence electrons. The molecule has 1 saturated heterocycles. The molecule has 1 aromatic carbocycles. The highest BCUT2D eigenvalue weighted by Crippen LogP contribution is 2.32. The van der Waals surface area contributed by atoms with Crippen molar-refractivity contribution in [2.24, 2.45) is 17.6 Å². The quantitative estimate of drug-likeness (QED) is 0.900. The number of nitrogens with zero attached hydrogens (tertiary/aromatic N) is 1. The zero-order chi connectivity index (χ0) is 16.2. The van der Waals surface area contributed by atoms with Crippen LogP contribution in [0.5, 0.6) is 0 Å². The summed E-state index contributed by atoms with van der Waals surface area (Å²) < 4.78 is 0. The van der Waals surface area contributed by atoms with Crippen molar-refractivity contribution < 1.29 is 9.90 Å². The number of carbonyl (C=O) groups is 1. The molecule has 1 heterocycles. The molecule has 0 bridgehead atoms. The molecular weight excluding hydrogens is 288 g/mol. The summed E-state index contributed by atoms with van der Waals surface area (Å²) in [5, 5.41) is 10.5. The number of hydrogen-bond donors (Lipinski definition) is 2. The van der Waals surface area contributed by atoms with Crippen molar-refractivity contribution in [2.45, 2.75) is 50.7 Å². The molecule has 23 heavy (non-hydrogen) atoms. The Bertz CT molecular complexity index is 511. The van der Waals surface area contributed by atoms with Crippen molar-refractivity contribution in [2.75, 3.05) is 13.1 Å². The standard InChI is InChI=1S/C19H28N2O2/c20-17-8-4-7-16(13-17)19(23)21-11-9-15(10-12-21)18(22)14-5-2-1-3-6-14/h1-3,5-6,15-18,22H,4,7-13,20H2. The summed E-state index contributed by atoms with van der Waals surface area (Å²) in [5.41, 5.74) is 7.00. The van der Waals surface area contributed by atoms with Gasteiger partial charge in [0.05, 0.1) is 6.10 Å². The summed E-state index contributed by atoms with van der Waals surface area (Å²) in [6.45, 7) is 1.53. The van der Waals surface area contributed by atoms with Gasteiger partial charge in [-0.1, -0.05) is 36.8 Å². The Hall–Kier alpha value is -1.39. The van der Waals surface area contributed by atoms with Crippen molar-refractivity contribution in [3.63, 3.8) is 0 Å². The van der Waals surface area contributed by atoms with E-state index < -0.39 is 6.10 Å². The van der Waals surface area contributed by atoms with E-state index in [-0.39, 0.29) is 23.8 Å². The van der Waals surface area contributed by atoms with E-state index in [1.165, 1.54) is 0 Å². The number of carbonyl (C=O) groups excluding carboxylic acids is 1. The van der Waals surface area contributed by atoms with Gasteiger partial charge in [0.2, 0.25) is 5.91 Å². The SMILES string of the molecule is NC1CCCC(C(=O)N2CCC(C(O)c3ccccc3)CC2)C1. The number of piperidine rings is 1. The number of nitrogens with two attached hydrogens (primary N) is 1. The van der Waals surface area contributed by atoms with E-state index in [0.29, 0.717) is 0 Å². The fourth-order valence-corrected chi connectivity index (χ4v) is 4.07. The first-order valence-corrected chi connectivity index (χ1v) is 8.92. The predicted molar refractivity (Wildman–Crippen MR) is 90.6 cm³/mol. The molecule has 0 aromatic heterocycles. The number of hydrogen-bond acceptors (Lipinski definition) is 3. The molecule has 2 fully saturated rings. The van der Waals surface area contributed by atoms with E-state index in [4.69, 9.17) is 5.73 Å². The third-order valence-electron chi connectivity index (χ3n) is 5.50. The molecule has 3 unspecified atom stereocenters. The molecule has 2 aliphatic rings. The monoisotopic (exact) mass is 316 g/mol. The summed E-state index contributed by atoms with van der Waals surface area (Å²) in [6, 6.07) is 10.0. The van der Waals surface area contributed by atoms with Crippen molar-refractivity contribution in [1.82, 2.24) is 4.90 Å². The van der Waals surface area contributed by atoms with Crippen LogP contribution in [0.2, 0.25) is 0 Å². The molecule has 0 spiro atoms. The highest BCUT2D eigenvalue weighted by Gasteiger charge is 2.33. The van der Waals surface area contributed by atoms with Gasteiger partial charge in [0.1, 0.15) is 0 Å². The number of likely N-dealkylation sites (tertiary alicyclic amines) is 1. The van der Waals surface area contributed by atoms with Crippen LogP contribution in [0.25, 0.3) is 0 Å². The van der Waals surface area contributed by atoms with Gasteiger partial charge in [0.15, 0.2) is 0 Å². The van der Waals surface area contributed by atoms with Crippen molar-refractivity contribution >= 4 is 5.91 Å². The second-order valence-electron chi connectivity index (χ2n) is 7.14. The lowest BCUT2D eigenvalue weighted by Crippen LogP contribution is -2.45. The second kappa shape index (κ2) is 7.45. The summed E-state index contributed by atoms with van der Waals surface area (Å²) in [4.78, 5) is 14.7. The zero-order valence-electron chi connectivity index (χ0n) is 13.7. The summed E-state index contributed by atoms with van der Waals surface area (Å²) in [6.07, 6.45) is 5.28. The number of benzene rings is 1. The van der Waals surface area contributed by atoms with Gasteiger partial charge < -0.3 is 15.7 Å². The lowest BCUT2D eigenvalue weighted by Gasteiger charge is -2.37. The van der Waals surface area contributed by atoms with Crippen LogP contribution in [-0.2, 0) is 4.79 Å². The van der Waals surface area contributed by atoms with Gasteiger partial charge in [0.25, 0.3) is 0 Å². The molecule has 1 amide bonds. The summed E-state index contributed by atoms with van der Waals surface area (Å²) in [5.74, 6) is 0.650. The number of aliphatic hydroxyl groups excluding tert-OH is 1. The Balaban J connectivity index is 1.53. The molecule has 3 atom stereocenters. The first-order valence-electron chi connectivity index (χ1n) is 8.92. The lowest BCUT2D eigenvalue weighted by molar-refractivity contribution is -0.138. The van der Waals surface area contributed by atoms with Gasteiger partial charge in [-0.25, -0.2) is 0 Å². The van der Waals surface area contributed by atoms with E-state index in [9.17, 15) is 9.90 Å². The third-order valence-corrected chi connectivity index (χ3v) is 5.50. The predicted octanol–water partition coefficient (Wildman–Crippen LogP) is 2.48. The largest absolute Gasteiger partial charge is 0.388 e. The average molecular weight is 316 g/mol. The Morgan fingerprint density at radius 3 is 2.48 bits per heavy atom. The van der Waals surface area contributed by atoms with E-state index in [1.54, 1.807) is 0 Å². The molecular formula is C19H28N2O2. The van der Waals surface area contributed by atoms with E-state index in [1.807, 2.05) is 35.2 Å². The molecule has 1 aromatic rings. The topological polar surface area (TPSA) is 66.6 Å². The summed E-state index contributed by atoms with van der Waals surface area (Å²) >= 11 is 0. The van der Waals surface area contributed by atoms with E-state index in [2.05, 4.69) is 0 Å². The molecule has 4 heteroatoms. The smallest absolute Gasteiger partial charge is 0.225 e. The van der Waals surface area contributed by atoms with Crippen LogP contribution in [0.4, 0.5) is 0 Å². The van der Waals surface area contributed by atoms with Gasteiger partial charge in [-0.05, 0) is 43.6 Å². The van der Waals surface area contributed by atoms with Gasteiger partial charge in [-0.15, -0.1) is 0 Å². The minimum atomic E-state index is -0.420. The zero-order valence-corrected chi connectivity index (χ0v) is 13.7. The van der Waals surface area contributed by atoms with Gasteiger partial charge in [-0.3, -0.25) is 4.79 Å². The van der Waals surface area contributed by atoms with Crippen LogP contribution in [0.1, 0.15) is 50.2 Å². The van der Waals surface area contributed by atoms with Crippen molar-refractivity contribution in [3.8, 4) is 0 Å². The highest BCUT2D eigenvalue weighted by atomic mass is 16.3. The normalized spacial score (nSPS) is 27.7. The van der Waals surface area contributed by atoms with Crippen LogP contribution in [0.3, 0.4) is 0 Å². The molecule has 3 N–H and O–H groups in total. The summed E-state index contributed by atoms with van der Waals surface area (Å²) in [7, 11) is 0. The van der Waals surface area contributed by atoms with Gasteiger partial charge in [0, 0.05) is 25.0 Å². The van der Waals surface area contributed by atoms with Gasteiger partial charge in [-0.2, -0.15) is 0 Å². The minimum absolute atomic E-state index is 0.120. The number of aliphatic hydroxyl groups is 1. The molecule has 0 radical (unpaired) electrons. The molecule has 3 rings (SSSR count). The number of amides is 1. The van der Waals surface area contributed by atoms with Crippen LogP contribution >= 0.6 is 0 Å². The maximum Gasteiger partial charge on any atom is 0.225 e. The Morgan fingerprint density at radius 2 is 1.83 bits per heavy atom. The first kappa shape index (κ1) is 16.5. The van der Waals surface area contributed by atoms with Gasteiger partial charge >= 0.3 is 0 Å². The van der Waals surface area contributed by atoms with Crippen LogP contribution < -0.4 is 5.73 Å².